The van der Waals surface area contributed by atoms with Gasteiger partial charge in [-0.15, -0.1) is 11.8 Å². The van der Waals surface area contributed by atoms with E-state index < -0.39 is 0 Å². The molecule has 0 saturated carbocycles. The van der Waals surface area contributed by atoms with Crippen molar-refractivity contribution in [3.05, 3.63) is 11.0 Å². The molecule has 0 amide bonds. The third-order valence-electron chi connectivity index (χ3n) is 1.96. The summed E-state index contributed by atoms with van der Waals surface area (Å²) in [6.45, 7) is 13.1. The monoisotopic (exact) mass is 262 g/mol. The third-order valence-corrected chi connectivity index (χ3v) is 4.25. The number of hydrogen-bond donors (Lipinski definition) is 1. The minimum atomic E-state index is 0.0724. The molecule has 88 valence electrons. The van der Waals surface area contributed by atoms with Crippen LogP contribution in [0.1, 0.15) is 41.5 Å². The molecule has 0 N–H and O–H groups in total. The van der Waals surface area contributed by atoms with E-state index >= 15 is 0 Å². The molecule has 0 aliphatic rings. The molecule has 0 bridgehead atoms. The molecule has 3 heteroatoms. The van der Waals surface area contributed by atoms with Crippen molar-refractivity contribution in [2.24, 2.45) is 10.8 Å². The van der Waals surface area contributed by atoms with Crippen LogP contribution in [0.4, 0.5) is 0 Å². The minimum Gasteiger partial charge on any atom is -0.168 e. The maximum atomic E-state index is 5.44. The van der Waals surface area contributed by atoms with Crippen LogP contribution in [0.5, 0.6) is 0 Å². The first-order valence-corrected chi connectivity index (χ1v) is 7.12. The van der Waals surface area contributed by atoms with E-state index in [-0.39, 0.29) is 10.8 Å². The molecule has 0 atom stereocenters. The number of rotatable bonds is 3. The molecule has 0 aromatic heterocycles. The van der Waals surface area contributed by atoms with E-state index in [1.165, 1.54) is 4.91 Å². The van der Waals surface area contributed by atoms with Crippen molar-refractivity contribution in [3.8, 4) is 0 Å². The third kappa shape index (κ3) is 5.98. The Balaban J connectivity index is 4.94. The van der Waals surface area contributed by atoms with Gasteiger partial charge in [-0.2, -0.15) is 12.6 Å². The predicted octanol–water partition coefficient (Wildman–Crippen LogP) is 4.95. The molecule has 15 heavy (non-hydrogen) atoms. The molecule has 0 aliphatic carbocycles. The van der Waals surface area contributed by atoms with E-state index in [2.05, 4.69) is 60.2 Å². The van der Waals surface area contributed by atoms with Crippen LogP contribution in [-0.4, -0.2) is 9.95 Å². The zero-order valence-electron chi connectivity index (χ0n) is 10.5. The Bertz CT molecular complexity index is 251. The van der Waals surface area contributed by atoms with Crippen LogP contribution in [0, 0.1) is 10.8 Å². The van der Waals surface area contributed by atoms with Crippen molar-refractivity contribution in [2.75, 3.05) is 5.08 Å². The zero-order chi connectivity index (χ0) is 12.3. The number of thiocarbonyl (C=S) groups is 1. The summed E-state index contributed by atoms with van der Waals surface area (Å²) in [6.07, 6.45) is 2.15. The van der Waals surface area contributed by atoms with Crippen LogP contribution in [0.15, 0.2) is 11.0 Å². The first-order chi connectivity index (χ1) is 6.59. The van der Waals surface area contributed by atoms with Gasteiger partial charge in [0.2, 0.25) is 0 Å². The summed E-state index contributed by atoms with van der Waals surface area (Å²) in [5, 5.41) is 0.801. The molecule has 0 radical (unpaired) electrons. The second-order valence-electron chi connectivity index (χ2n) is 5.65. The lowest BCUT2D eigenvalue weighted by Gasteiger charge is -2.25. The van der Waals surface area contributed by atoms with Gasteiger partial charge < -0.3 is 0 Å². The Morgan fingerprint density at radius 3 is 1.87 bits per heavy atom. The molecule has 0 fully saturated rings. The maximum Gasteiger partial charge on any atom is 0.0406 e. The summed E-state index contributed by atoms with van der Waals surface area (Å²) in [5.74, 6) is 0. The van der Waals surface area contributed by atoms with Crippen LogP contribution in [0.2, 0.25) is 0 Å². The van der Waals surface area contributed by atoms with Crippen molar-refractivity contribution < 1.29 is 0 Å². The van der Waals surface area contributed by atoms with Crippen molar-refractivity contribution in [1.82, 2.24) is 0 Å². The molecule has 0 unspecified atom stereocenters. The van der Waals surface area contributed by atoms with E-state index in [9.17, 15) is 0 Å². The van der Waals surface area contributed by atoms with E-state index in [1.807, 2.05) is 0 Å². The molecule has 0 saturated heterocycles. The second kappa shape index (κ2) is 5.74. The van der Waals surface area contributed by atoms with Gasteiger partial charge in [0, 0.05) is 9.95 Å². The largest absolute Gasteiger partial charge is 0.168 e. The first kappa shape index (κ1) is 15.5. The molecule has 0 spiro atoms. The van der Waals surface area contributed by atoms with E-state index in [0.29, 0.717) is 0 Å². The van der Waals surface area contributed by atoms with Gasteiger partial charge in [-0.25, -0.2) is 0 Å². The van der Waals surface area contributed by atoms with Gasteiger partial charge in [0.15, 0.2) is 0 Å². The number of allylic oxidation sites excluding steroid dienone is 2. The molecule has 0 rings (SSSR count). The van der Waals surface area contributed by atoms with Gasteiger partial charge in [-0.1, -0.05) is 53.8 Å². The summed E-state index contributed by atoms with van der Waals surface area (Å²) in [6, 6.07) is 0. The van der Waals surface area contributed by atoms with Gasteiger partial charge >= 0.3 is 0 Å². The summed E-state index contributed by atoms with van der Waals surface area (Å²) < 4.78 is 0. The summed E-state index contributed by atoms with van der Waals surface area (Å²) >= 11 is 11.5. The highest BCUT2D eigenvalue weighted by Crippen LogP contribution is 2.36. The Kier molecular flexibility index (Phi) is 5.94. The van der Waals surface area contributed by atoms with Crippen molar-refractivity contribution in [3.63, 3.8) is 0 Å². The number of thioether (sulfide) groups is 1. The van der Waals surface area contributed by atoms with Crippen LogP contribution in [0.3, 0.4) is 0 Å². The fourth-order valence-electron chi connectivity index (χ4n) is 0.880. The van der Waals surface area contributed by atoms with Gasteiger partial charge in [-0.05, 0) is 21.8 Å². The standard InChI is InChI=1S/C12H22S3/c1-11(2,3)9(14)7-10(15-8-13)12(4,5)6/h7,13H,8H2,1-6H3/b10-7-. The average molecular weight is 263 g/mol. The lowest BCUT2D eigenvalue weighted by molar-refractivity contribution is 0.532. The fourth-order valence-corrected chi connectivity index (χ4v) is 2.26. The Hall–Kier alpha value is 0.530. The summed E-state index contributed by atoms with van der Waals surface area (Å²) in [5.41, 5.74) is 0.228. The van der Waals surface area contributed by atoms with Gasteiger partial charge in [0.1, 0.15) is 0 Å². The first-order valence-electron chi connectivity index (χ1n) is 5.09. The van der Waals surface area contributed by atoms with Crippen LogP contribution >= 0.6 is 36.6 Å². The second-order valence-corrected chi connectivity index (χ2v) is 7.85. The molecule has 0 aromatic carbocycles. The van der Waals surface area contributed by atoms with Crippen molar-refractivity contribution >= 4 is 41.5 Å². The zero-order valence-corrected chi connectivity index (χ0v) is 13.1. The highest BCUT2D eigenvalue weighted by molar-refractivity contribution is 8.12. The predicted molar refractivity (Wildman–Crippen MR) is 81.0 cm³/mol. The van der Waals surface area contributed by atoms with Crippen LogP contribution < -0.4 is 0 Å². The van der Waals surface area contributed by atoms with Gasteiger partial charge in [-0.3, -0.25) is 0 Å². The number of hydrogen-bond acceptors (Lipinski definition) is 3. The highest BCUT2D eigenvalue weighted by Gasteiger charge is 2.21. The van der Waals surface area contributed by atoms with E-state index in [0.717, 1.165) is 9.95 Å². The molecular formula is C12H22S3. The van der Waals surface area contributed by atoms with Crippen molar-refractivity contribution in [2.45, 2.75) is 41.5 Å². The SMILES string of the molecule is CC(C)(C)C(=S)/C=C(\SCS)C(C)(C)C. The Morgan fingerprint density at radius 1 is 1.13 bits per heavy atom. The topological polar surface area (TPSA) is 0 Å². The van der Waals surface area contributed by atoms with Gasteiger partial charge in [0.25, 0.3) is 0 Å². The molecule has 0 heterocycles. The highest BCUT2D eigenvalue weighted by atomic mass is 32.2. The fraction of sp³-hybridized carbons (Fsp3) is 0.750. The molecule has 0 nitrogen and oxygen atoms in total. The number of thiol groups is 1. The molecular weight excluding hydrogens is 240 g/mol. The average Bonchev–Trinajstić information content (AvgIpc) is 1.99. The van der Waals surface area contributed by atoms with Crippen molar-refractivity contribution in [1.29, 1.82) is 0 Å². The van der Waals surface area contributed by atoms with E-state index in [1.54, 1.807) is 11.8 Å². The summed E-state index contributed by atoms with van der Waals surface area (Å²) in [7, 11) is 0. The van der Waals surface area contributed by atoms with Crippen LogP contribution in [-0.2, 0) is 0 Å². The van der Waals surface area contributed by atoms with Gasteiger partial charge in [0.05, 0.1) is 0 Å². The maximum absolute atomic E-state index is 5.44. The normalized spacial score (nSPS) is 14.2. The Morgan fingerprint density at radius 2 is 1.60 bits per heavy atom. The summed E-state index contributed by atoms with van der Waals surface area (Å²) in [4.78, 5) is 2.33. The smallest absolute Gasteiger partial charge is 0.0406 e. The minimum absolute atomic E-state index is 0.0724. The lowest BCUT2D eigenvalue weighted by atomic mass is 9.88. The Labute approximate surface area is 110 Å². The lowest BCUT2D eigenvalue weighted by Crippen LogP contribution is -2.18. The quantitative estimate of drug-likeness (QED) is 0.331. The molecule has 0 aromatic rings. The molecule has 0 aliphatic heterocycles. The van der Waals surface area contributed by atoms with E-state index in [4.69, 9.17) is 12.2 Å². The van der Waals surface area contributed by atoms with Crippen LogP contribution in [0.25, 0.3) is 0 Å².